The van der Waals surface area contributed by atoms with Crippen molar-refractivity contribution in [3.8, 4) is 11.1 Å². The van der Waals surface area contributed by atoms with Crippen LogP contribution in [0.5, 0.6) is 0 Å². The predicted octanol–water partition coefficient (Wildman–Crippen LogP) is 4.44. The Labute approximate surface area is 130 Å². The van der Waals surface area contributed by atoms with Gasteiger partial charge in [-0.15, -0.1) is 0 Å². The van der Waals surface area contributed by atoms with E-state index in [0.29, 0.717) is 11.5 Å². The molecule has 0 saturated heterocycles. The molecule has 2 aliphatic carbocycles. The number of carbonyl (C=O) groups excluding carboxylic acids is 1. The molecule has 2 aromatic rings. The second kappa shape index (κ2) is 4.57. The summed E-state index contributed by atoms with van der Waals surface area (Å²) in [6, 6.07) is 16.6. The summed E-state index contributed by atoms with van der Waals surface area (Å²) >= 11 is 0. The van der Waals surface area contributed by atoms with Crippen molar-refractivity contribution in [3.05, 3.63) is 71.8 Å². The number of fused-ring (bicyclic) bond motifs is 3. The van der Waals surface area contributed by atoms with Gasteiger partial charge in [-0.3, -0.25) is 0 Å². The van der Waals surface area contributed by atoms with Crippen LogP contribution >= 0.6 is 0 Å². The average Bonchev–Trinajstić information content (AvgIpc) is 3.34. The summed E-state index contributed by atoms with van der Waals surface area (Å²) in [5, 5.41) is 0. The van der Waals surface area contributed by atoms with Crippen LogP contribution in [0.15, 0.2) is 60.7 Å². The van der Waals surface area contributed by atoms with Crippen LogP contribution in [0.4, 0.5) is 0 Å². The Morgan fingerprint density at radius 2 is 1.55 bits per heavy atom. The van der Waals surface area contributed by atoms with Crippen LogP contribution in [0.25, 0.3) is 11.1 Å². The van der Waals surface area contributed by atoms with Crippen molar-refractivity contribution in [2.75, 3.05) is 0 Å². The fourth-order valence-corrected chi connectivity index (χ4v) is 3.59. The van der Waals surface area contributed by atoms with Gasteiger partial charge in [-0.25, -0.2) is 4.79 Å². The van der Waals surface area contributed by atoms with Crippen molar-refractivity contribution in [3.63, 3.8) is 0 Å². The van der Waals surface area contributed by atoms with E-state index in [1.807, 2.05) is 24.3 Å². The van der Waals surface area contributed by atoms with E-state index in [2.05, 4.69) is 30.8 Å². The molecule has 4 rings (SSSR count). The van der Waals surface area contributed by atoms with Crippen molar-refractivity contribution in [2.45, 2.75) is 25.4 Å². The first kappa shape index (κ1) is 13.3. The highest BCUT2D eigenvalue weighted by Crippen LogP contribution is 2.60. The first-order valence-corrected chi connectivity index (χ1v) is 7.73. The van der Waals surface area contributed by atoms with E-state index in [0.717, 1.165) is 24.0 Å². The van der Waals surface area contributed by atoms with E-state index in [4.69, 9.17) is 4.74 Å². The first-order valence-electron chi connectivity index (χ1n) is 7.73. The van der Waals surface area contributed by atoms with Crippen LogP contribution in [0, 0.1) is 5.92 Å². The maximum absolute atomic E-state index is 12.3. The van der Waals surface area contributed by atoms with E-state index in [-0.39, 0.29) is 5.97 Å². The predicted molar refractivity (Wildman–Crippen MR) is 86.3 cm³/mol. The molecular weight excluding hydrogens is 272 g/mol. The average molecular weight is 290 g/mol. The van der Waals surface area contributed by atoms with Crippen molar-refractivity contribution < 1.29 is 9.53 Å². The fraction of sp³-hybridized carbons (Fsp3) is 0.250. The van der Waals surface area contributed by atoms with Crippen LogP contribution in [0.3, 0.4) is 0 Å². The zero-order valence-corrected chi connectivity index (χ0v) is 12.6. The van der Waals surface area contributed by atoms with Crippen molar-refractivity contribution in [1.29, 1.82) is 0 Å². The van der Waals surface area contributed by atoms with Crippen molar-refractivity contribution in [1.82, 2.24) is 0 Å². The molecule has 110 valence electrons. The number of benzene rings is 2. The minimum absolute atomic E-state index is 0.307. The lowest BCUT2D eigenvalue weighted by Gasteiger charge is -2.32. The lowest BCUT2D eigenvalue weighted by atomic mass is 9.86. The number of hydrogen-bond acceptors (Lipinski definition) is 2. The third-order valence-electron chi connectivity index (χ3n) is 4.70. The molecule has 0 unspecified atom stereocenters. The third-order valence-corrected chi connectivity index (χ3v) is 4.70. The fourth-order valence-electron chi connectivity index (χ4n) is 3.59. The summed E-state index contributed by atoms with van der Waals surface area (Å²) in [6.45, 7) is 5.45. The molecule has 1 fully saturated rings. The number of hydrogen-bond donors (Lipinski definition) is 0. The van der Waals surface area contributed by atoms with Crippen LogP contribution in [0.2, 0.25) is 0 Å². The van der Waals surface area contributed by atoms with Crippen LogP contribution in [-0.2, 0) is 15.1 Å². The lowest BCUT2D eigenvalue weighted by molar-refractivity contribution is -0.153. The first-order chi connectivity index (χ1) is 10.6. The molecule has 0 N–H and O–H groups in total. The highest BCUT2D eigenvalue weighted by atomic mass is 16.6. The van der Waals surface area contributed by atoms with Gasteiger partial charge >= 0.3 is 5.97 Å². The van der Waals surface area contributed by atoms with E-state index >= 15 is 0 Å². The van der Waals surface area contributed by atoms with Crippen LogP contribution < -0.4 is 0 Å². The second-order valence-electron chi connectivity index (χ2n) is 6.27. The Kier molecular flexibility index (Phi) is 2.77. The summed E-state index contributed by atoms with van der Waals surface area (Å²) in [7, 11) is 0. The van der Waals surface area contributed by atoms with Gasteiger partial charge in [0.2, 0.25) is 0 Å². The lowest BCUT2D eigenvalue weighted by Crippen LogP contribution is -2.34. The summed E-state index contributed by atoms with van der Waals surface area (Å²) < 4.78 is 6.10. The smallest absolute Gasteiger partial charge is 0.334 e. The highest BCUT2D eigenvalue weighted by molar-refractivity contribution is 5.89. The zero-order valence-electron chi connectivity index (χ0n) is 12.6. The van der Waals surface area contributed by atoms with Gasteiger partial charge < -0.3 is 4.74 Å². The maximum Gasteiger partial charge on any atom is 0.334 e. The molecule has 0 radical (unpaired) electrons. The summed E-state index contributed by atoms with van der Waals surface area (Å²) in [6.07, 6.45) is 2.18. The second-order valence-corrected chi connectivity index (χ2v) is 6.27. The molecule has 0 bridgehead atoms. The van der Waals surface area contributed by atoms with Gasteiger partial charge in [0, 0.05) is 22.6 Å². The van der Waals surface area contributed by atoms with Crippen LogP contribution in [0.1, 0.15) is 30.9 Å². The van der Waals surface area contributed by atoms with Gasteiger partial charge in [0.1, 0.15) is 0 Å². The van der Waals surface area contributed by atoms with Gasteiger partial charge in [0.15, 0.2) is 5.60 Å². The number of ether oxygens (including phenoxy) is 1. The topological polar surface area (TPSA) is 26.3 Å². The standard InChI is InChI=1S/C20H18O2/c1-13(2)19(21)22-20(14-11-12-14)17-9-5-3-7-15(17)16-8-4-6-10-18(16)20/h3-10,14H,1,11-12H2,2H3. The largest absolute Gasteiger partial charge is 0.446 e. The minimum Gasteiger partial charge on any atom is -0.446 e. The van der Waals surface area contributed by atoms with Gasteiger partial charge in [0.25, 0.3) is 0 Å². The Morgan fingerprint density at radius 3 is 2.00 bits per heavy atom. The molecule has 2 heteroatoms. The SMILES string of the molecule is C=C(C)C(=O)OC1(C2CC2)c2ccccc2-c2ccccc21. The molecule has 0 aromatic heterocycles. The molecule has 0 heterocycles. The third kappa shape index (κ3) is 1.70. The number of esters is 1. The molecule has 22 heavy (non-hydrogen) atoms. The minimum atomic E-state index is -0.636. The molecule has 2 aliphatic rings. The van der Waals surface area contributed by atoms with Gasteiger partial charge in [-0.1, -0.05) is 55.1 Å². The monoisotopic (exact) mass is 290 g/mol. The molecule has 2 aromatic carbocycles. The van der Waals surface area contributed by atoms with Gasteiger partial charge in [0.05, 0.1) is 0 Å². The summed E-state index contributed by atoms with van der Waals surface area (Å²) in [5.74, 6) is 0.0546. The van der Waals surface area contributed by atoms with Crippen LogP contribution in [-0.4, -0.2) is 5.97 Å². The molecule has 1 saturated carbocycles. The van der Waals surface area contributed by atoms with Gasteiger partial charge in [-0.2, -0.15) is 0 Å². The van der Waals surface area contributed by atoms with E-state index < -0.39 is 5.60 Å². The zero-order chi connectivity index (χ0) is 15.3. The Morgan fingerprint density at radius 1 is 1.05 bits per heavy atom. The van der Waals surface area contributed by atoms with E-state index in [9.17, 15) is 4.79 Å². The van der Waals surface area contributed by atoms with Gasteiger partial charge in [-0.05, 0) is 30.9 Å². The molecule has 0 atom stereocenters. The summed E-state index contributed by atoms with van der Waals surface area (Å²) in [4.78, 5) is 12.3. The summed E-state index contributed by atoms with van der Waals surface area (Å²) in [5.41, 5.74) is 4.41. The normalized spacial score (nSPS) is 17.5. The Bertz CT molecular complexity index is 738. The Hall–Kier alpha value is -2.35. The van der Waals surface area contributed by atoms with E-state index in [1.54, 1.807) is 6.92 Å². The molecule has 0 aliphatic heterocycles. The van der Waals surface area contributed by atoms with Crippen molar-refractivity contribution in [2.24, 2.45) is 5.92 Å². The Balaban J connectivity index is 1.97. The van der Waals surface area contributed by atoms with Crippen molar-refractivity contribution >= 4 is 5.97 Å². The highest BCUT2D eigenvalue weighted by Gasteiger charge is 2.56. The quantitative estimate of drug-likeness (QED) is 0.617. The molecule has 0 amide bonds. The molecule has 2 nitrogen and oxygen atoms in total. The maximum atomic E-state index is 12.3. The molecular formula is C20H18O2. The number of carbonyl (C=O) groups is 1. The van der Waals surface area contributed by atoms with E-state index in [1.165, 1.54) is 11.1 Å². The number of rotatable bonds is 3. The molecule has 0 spiro atoms.